The van der Waals surface area contributed by atoms with Gasteiger partial charge in [-0.25, -0.2) is 0 Å². The van der Waals surface area contributed by atoms with Gasteiger partial charge in [0.1, 0.15) is 5.54 Å². The van der Waals surface area contributed by atoms with Gasteiger partial charge in [-0.3, -0.25) is 4.90 Å². The number of ether oxygens (including phenoxy) is 1. The summed E-state index contributed by atoms with van der Waals surface area (Å²) in [4.78, 5) is 2.53. The molecule has 4 nitrogen and oxygen atoms in total. The van der Waals surface area contributed by atoms with Gasteiger partial charge in [-0.15, -0.1) is 0 Å². The van der Waals surface area contributed by atoms with Gasteiger partial charge in [0, 0.05) is 19.1 Å². The molecule has 2 aliphatic rings. The lowest BCUT2D eigenvalue weighted by atomic mass is 9.79. The minimum absolute atomic E-state index is 0.307. The molecule has 4 heteroatoms. The molecule has 0 radical (unpaired) electrons. The molecule has 0 bridgehead atoms. The largest absolute Gasteiger partial charge is 0.373 e. The topological polar surface area (TPSA) is 48.3 Å². The van der Waals surface area contributed by atoms with E-state index >= 15 is 0 Å². The van der Waals surface area contributed by atoms with Crippen LogP contribution in [0.3, 0.4) is 0 Å². The molecule has 1 aliphatic heterocycles. The van der Waals surface area contributed by atoms with E-state index in [1.165, 1.54) is 6.42 Å². The van der Waals surface area contributed by atoms with Crippen molar-refractivity contribution in [3.8, 4) is 6.07 Å². The average molecular weight is 251 g/mol. The molecular formula is C14H25N3O. The lowest BCUT2D eigenvalue weighted by molar-refractivity contribution is -0.0865. The van der Waals surface area contributed by atoms with E-state index in [0.717, 1.165) is 32.4 Å². The molecule has 2 fully saturated rings. The highest BCUT2D eigenvalue weighted by atomic mass is 16.5. The lowest BCUT2D eigenvalue weighted by Crippen LogP contribution is -2.56. The number of nitrogens with one attached hydrogen (secondary N) is 1. The number of morpholine rings is 1. The number of nitrogens with zero attached hydrogens (tertiary/aromatic N) is 2. The number of hydrogen-bond acceptors (Lipinski definition) is 4. The Morgan fingerprint density at radius 2 is 2.00 bits per heavy atom. The van der Waals surface area contributed by atoms with Crippen LogP contribution < -0.4 is 5.32 Å². The molecule has 2 unspecified atom stereocenters. The number of nitriles is 1. The minimum atomic E-state index is -0.312. The standard InChI is InChI=1S/C14H25N3O/c1-11-8-17(9-12(2)18-11)13-5-4-6-14(7-13,10-15)16-3/h11-13,16H,4-9H2,1-3H3/t11-,12+,13?,14?. The zero-order valence-electron chi connectivity index (χ0n) is 11.8. The Labute approximate surface area is 110 Å². The summed E-state index contributed by atoms with van der Waals surface area (Å²) in [5.41, 5.74) is -0.312. The quantitative estimate of drug-likeness (QED) is 0.808. The summed E-state index contributed by atoms with van der Waals surface area (Å²) >= 11 is 0. The van der Waals surface area contributed by atoms with Crippen molar-refractivity contribution < 1.29 is 4.74 Å². The van der Waals surface area contributed by atoms with Crippen LogP contribution in [-0.2, 0) is 4.74 Å². The van der Waals surface area contributed by atoms with Crippen molar-refractivity contribution in [2.75, 3.05) is 20.1 Å². The molecule has 1 saturated carbocycles. The fourth-order valence-electron chi connectivity index (χ4n) is 3.46. The molecule has 0 aromatic carbocycles. The lowest BCUT2D eigenvalue weighted by Gasteiger charge is -2.45. The van der Waals surface area contributed by atoms with Crippen molar-refractivity contribution in [1.29, 1.82) is 5.26 Å². The van der Waals surface area contributed by atoms with Gasteiger partial charge in [0.25, 0.3) is 0 Å². The molecule has 1 N–H and O–H groups in total. The van der Waals surface area contributed by atoms with Crippen LogP contribution in [0.25, 0.3) is 0 Å². The van der Waals surface area contributed by atoms with Gasteiger partial charge in [0.15, 0.2) is 0 Å². The van der Waals surface area contributed by atoms with Crippen LogP contribution >= 0.6 is 0 Å². The van der Waals surface area contributed by atoms with Crippen LogP contribution in [0.15, 0.2) is 0 Å². The first kappa shape index (κ1) is 13.8. The van der Waals surface area contributed by atoms with Gasteiger partial charge in [-0.2, -0.15) is 5.26 Å². The highest BCUT2D eigenvalue weighted by Gasteiger charge is 2.39. The van der Waals surface area contributed by atoms with Crippen molar-refractivity contribution in [2.45, 2.75) is 63.3 Å². The molecule has 102 valence electrons. The second-order valence-electron chi connectivity index (χ2n) is 5.91. The smallest absolute Gasteiger partial charge is 0.108 e. The fourth-order valence-corrected chi connectivity index (χ4v) is 3.46. The first-order chi connectivity index (χ1) is 8.58. The summed E-state index contributed by atoms with van der Waals surface area (Å²) in [6.45, 7) is 6.28. The first-order valence-electron chi connectivity index (χ1n) is 7.08. The number of hydrogen-bond donors (Lipinski definition) is 1. The van der Waals surface area contributed by atoms with Gasteiger partial charge >= 0.3 is 0 Å². The summed E-state index contributed by atoms with van der Waals surface area (Å²) in [6.07, 6.45) is 4.89. The Kier molecular flexibility index (Phi) is 4.26. The maximum Gasteiger partial charge on any atom is 0.108 e. The predicted molar refractivity (Wildman–Crippen MR) is 71.2 cm³/mol. The minimum Gasteiger partial charge on any atom is -0.373 e. The first-order valence-corrected chi connectivity index (χ1v) is 7.08. The van der Waals surface area contributed by atoms with Crippen LogP contribution in [0.1, 0.15) is 39.5 Å². The summed E-state index contributed by atoms with van der Waals surface area (Å²) < 4.78 is 5.79. The monoisotopic (exact) mass is 251 g/mol. The van der Waals surface area contributed by atoms with Crippen LogP contribution in [0.5, 0.6) is 0 Å². The third kappa shape index (κ3) is 2.85. The molecule has 0 spiro atoms. The van der Waals surface area contributed by atoms with Gasteiger partial charge in [0.2, 0.25) is 0 Å². The van der Waals surface area contributed by atoms with Gasteiger partial charge in [0.05, 0.1) is 18.3 Å². The van der Waals surface area contributed by atoms with Gasteiger partial charge in [-0.1, -0.05) is 0 Å². The molecule has 18 heavy (non-hydrogen) atoms. The Morgan fingerprint density at radius 1 is 1.33 bits per heavy atom. The third-order valence-electron chi connectivity index (χ3n) is 4.38. The van der Waals surface area contributed by atoms with Crippen molar-refractivity contribution in [2.24, 2.45) is 0 Å². The van der Waals surface area contributed by atoms with E-state index in [1.807, 2.05) is 7.05 Å². The predicted octanol–water partition coefficient (Wildman–Crippen LogP) is 1.52. The van der Waals surface area contributed by atoms with Crippen LogP contribution in [0.2, 0.25) is 0 Å². The SMILES string of the molecule is CNC1(C#N)CCCC(N2C[C@@H](C)O[C@@H](C)C2)C1. The zero-order valence-corrected chi connectivity index (χ0v) is 11.8. The van der Waals surface area contributed by atoms with E-state index in [1.54, 1.807) is 0 Å². The van der Waals surface area contributed by atoms with Crippen LogP contribution in [-0.4, -0.2) is 48.8 Å². The Bertz CT molecular complexity index is 317. The summed E-state index contributed by atoms with van der Waals surface area (Å²) in [5, 5.41) is 12.6. The summed E-state index contributed by atoms with van der Waals surface area (Å²) in [6, 6.07) is 3.02. The van der Waals surface area contributed by atoms with Crippen molar-refractivity contribution in [1.82, 2.24) is 10.2 Å². The molecule has 1 aliphatic carbocycles. The van der Waals surface area contributed by atoms with E-state index in [9.17, 15) is 5.26 Å². The Balaban J connectivity index is 2.02. The normalized spacial score (nSPS) is 42.4. The Morgan fingerprint density at radius 3 is 2.56 bits per heavy atom. The molecule has 4 atom stereocenters. The maximum atomic E-state index is 9.41. The molecule has 1 heterocycles. The van der Waals surface area contributed by atoms with E-state index in [2.05, 4.69) is 30.1 Å². The second kappa shape index (κ2) is 5.56. The highest BCUT2D eigenvalue weighted by molar-refractivity contribution is 5.10. The summed E-state index contributed by atoms with van der Waals surface area (Å²) in [7, 11) is 1.91. The maximum absolute atomic E-state index is 9.41. The molecule has 0 amide bonds. The van der Waals surface area contributed by atoms with Crippen LogP contribution in [0.4, 0.5) is 0 Å². The van der Waals surface area contributed by atoms with E-state index in [0.29, 0.717) is 18.2 Å². The summed E-state index contributed by atoms with van der Waals surface area (Å²) in [5.74, 6) is 0. The van der Waals surface area contributed by atoms with Gasteiger partial charge in [-0.05, 0) is 46.6 Å². The van der Waals surface area contributed by atoms with E-state index in [4.69, 9.17) is 4.74 Å². The zero-order chi connectivity index (χ0) is 13.2. The fraction of sp³-hybridized carbons (Fsp3) is 0.929. The molecule has 0 aromatic heterocycles. The van der Waals surface area contributed by atoms with E-state index in [-0.39, 0.29) is 5.54 Å². The van der Waals surface area contributed by atoms with Gasteiger partial charge < -0.3 is 10.1 Å². The number of rotatable bonds is 2. The third-order valence-corrected chi connectivity index (χ3v) is 4.38. The average Bonchev–Trinajstić information content (AvgIpc) is 2.37. The van der Waals surface area contributed by atoms with Crippen molar-refractivity contribution in [3.63, 3.8) is 0 Å². The van der Waals surface area contributed by atoms with Crippen molar-refractivity contribution in [3.05, 3.63) is 0 Å². The molecular weight excluding hydrogens is 226 g/mol. The van der Waals surface area contributed by atoms with E-state index < -0.39 is 0 Å². The second-order valence-corrected chi connectivity index (χ2v) is 5.91. The molecule has 0 aromatic rings. The Hall–Kier alpha value is -0.630. The van der Waals surface area contributed by atoms with Crippen LogP contribution in [0, 0.1) is 11.3 Å². The van der Waals surface area contributed by atoms with Crippen molar-refractivity contribution >= 4 is 0 Å². The molecule has 1 saturated heterocycles. The molecule has 2 rings (SSSR count). The highest BCUT2D eigenvalue weighted by Crippen LogP contribution is 2.32.